The molecule has 0 aliphatic heterocycles. The standard InChI is InChI=1S/C17H19N3O4/c1-12-8-9-14(20(23)24)10-15(12)19-16(21)18-11-17(2,22)13-6-4-3-5-7-13/h3-10,22H,11H2,1-2H3,(H2,18,19,21). The van der Waals surface area contributed by atoms with Crippen molar-refractivity contribution in [3.8, 4) is 0 Å². The van der Waals surface area contributed by atoms with E-state index in [0.29, 0.717) is 16.8 Å². The molecule has 1 atom stereocenters. The van der Waals surface area contributed by atoms with Crippen LogP contribution in [0.2, 0.25) is 0 Å². The Balaban J connectivity index is 2.01. The van der Waals surface area contributed by atoms with Crippen LogP contribution in [0.25, 0.3) is 0 Å². The van der Waals surface area contributed by atoms with Crippen LogP contribution in [0.1, 0.15) is 18.1 Å². The van der Waals surface area contributed by atoms with E-state index in [1.54, 1.807) is 44.2 Å². The molecule has 0 spiro atoms. The molecule has 2 amide bonds. The van der Waals surface area contributed by atoms with E-state index in [9.17, 15) is 20.0 Å². The van der Waals surface area contributed by atoms with Crippen molar-refractivity contribution in [1.29, 1.82) is 0 Å². The SMILES string of the molecule is Cc1ccc([N+](=O)[O-])cc1NC(=O)NCC(C)(O)c1ccccc1. The molecule has 0 aromatic heterocycles. The lowest BCUT2D eigenvalue weighted by Gasteiger charge is -2.24. The Morgan fingerprint density at radius 2 is 1.92 bits per heavy atom. The van der Waals surface area contributed by atoms with Gasteiger partial charge in [-0.1, -0.05) is 36.4 Å². The molecule has 0 heterocycles. The van der Waals surface area contributed by atoms with E-state index in [0.717, 1.165) is 0 Å². The first-order valence-corrected chi connectivity index (χ1v) is 7.37. The van der Waals surface area contributed by atoms with E-state index < -0.39 is 16.6 Å². The predicted molar refractivity (Wildman–Crippen MR) is 90.9 cm³/mol. The molecule has 2 aromatic rings. The first kappa shape index (κ1) is 17.4. The van der Waals surface area contributed by atoms with Crippen molar-refractivity contribution in [1.82, 2.24) is 5.32 Å². The first-order valence-electron chi connectivity index (χ1n) is 7.37. The molecule has 3 N–H and O–H groups in total. The molecule has 0 saturated heterocycles. The van der Waals surface area contributed by atoms with Gasteiger partial charge in [-0.25, -0.2) is 4.79 Å². The Morgan fingerprint density at radius 1 is 1.25 bits per heavy atom. The third kappa shape index (κ3) is 4.30. The normalized spacial score (nSPS) is 13.0. The topological polar surface area (TPSA) is 105 Å². The Kier molecular flexibility index (Phi) is 5.15. The average molecular weight is 329 g/mol. The number of nitro benzene ring substituents is 1. The van der Waals surface area contributed by atoms with Crippen LogP contribution < -0.4 is 10.6 Å². The van der Waals surface area contributed by atoms with E-state index in [1.807, 2.05) is 6.07 Å². The molecule has 2 rings (SSSR count). The predicted octanol–water partition coefficient (Wildman–Crippen LogP) is 2.93. The summed E-state index contributed by atoms with van der Waals surface area (Å²) in [5.41, 5.74) is 0.395. The van der Waals surface area contributed by atoms with Gasteiger partial charge in [-0.3, -0.25) is 10.1 Å². The van der Waals surface area contributed by atoms with Crippen molar-refractivity contribution in [2.45, 2.75) is 19.4 Å². The summed E-state index contributed by atoms with van der Waals surface area (Å²) in [5, 5.41) is 26.4. The number of anilines is 1. The summed E-state index contributed by atoms with van der Waals surface area (Å²) >= 11 is 0. The van der Waals surface area contributed by atoms with E-state index in [2.05, 4.69) is 10.6 Å². The molecule has 24 heavy (non-hydrogen) atoms. The van der Waals surface area contributed by atoms with Gasteiger partial charge in [0.15, 0.2) is 0 Å². The number of nitro groups is 1. The van der Waals surface area contributed by atoms with Crippen molar-refractivity contribution >= 4 is 17.4 Å². The van der Waals surface area contributed by atoms with Crippen LogP contribution in [0.15, 0.2) is 48.5 Å². The first-order chi connectivity index (χ1) is 11.3. The lowest BCUT2D eigenvalue weighted by molar-refractivity contribution is -0.384. The number of carbonyl (C=O) groups is 1. The highest BCUT2D eigenvalue weighted by Crippen LogP contribution is 2.22. The number of nitrogens with one attached hydrogen (secondary N) is 2. The summed E-state index contributed by atoms with van der Waals surface area (Å²) < 4.78 is 0. The van der Waals surface area contributed by atoms with Crippen molar-refractivity contribution in [3.05, 3.63) is 69.8 Å². The molecule has 1 unspecified atom stereocenters. The highest BCUT2D eigenvalue weighted by atomic mass is 16.6. The summed E-state index contributed by atoms with van der Waals surface area (Å²) in [6, 6.07) is 12.7. The fourth-order valence-corrected chi connectivity index (χ4v) is 2.18. The summed E-state index contributed by atoms with van der Waals surface area (Å²) in [7, 11) is 0. The highest BCUT2D eigenvalue weighted by Gasteiger charge is 2.23. The lowest BCUT2D eigenvalue weighted by Crippen LogP contribution is -2.40. The maximum absolute atomic E-state index is 12.0. The third-order valence-electron chi connectivity index (χ3n) is 3.67. The number of aryl methyl sites for hydroxylation is 1. The summed E-state index contributed by atoms with van der Waals surface area (Å²) in [6.45, 7) is 3.33. The van der Waals surface area contributed by atoms with E-state index in [1.165, 1.54) is 12.1 Å². The largest absolute Gasteiger partial charge is 0.384 e. The highest BCUT2D eigenvalue weighted by molar-refractivity contribution is 5.90. The second kappa shape index (κ2) is 7.10. The number of aliphatic hydroxyl groups is 1. The van der Waals surface area contributed by atoms with Crippen LogP contribution in [0.5, 0.6) is 0 Å². The average Bonchev–Trinajstić information content (AvgIpc) is 2.56. The molecular weight excluding hydrogens is 310 g/mol. The molecule has 0 aliphatic carbocycles. The van der Waals surface area contributed by atoms with Crippen molar-refractivity contribution in [3.63, 3.8) is 0 Å². The van der Waals surface area contributed by atoms with Gasteiger partial charge in [0.05, 0.1) is 17.2 Å². The molecule has 7 nitrogen and oxygen atoms in total. The van der Waals surface area contributed by atoms with Crippen LogP contribution >= 0.6 is 0 Å². The number of urea groups is 1. The monoisotopic (exact) mass is 329 g/mol. The number of carbonyl (C=O) groups excluding carboxylic acids is 1. The van der Waals surface area contributed by atoms with Crippen LogP contribution in [-0.2, 0) is 5.60 Å². The Hall–Kier alpha value is -2.93. The second-order valence-corrected chi connectivity index (χ2v) is 5.70. The number of amides is 2. The van der Waals surface area contributed by atoms with Gasteiger partial charge in [0.25, 0.3) is 5.69 Å². The Bertz CT molecular complexity index is 745. The van der Waals surface area contributed by atoms with E-state index >= 15 is 0 Å². The van der Waals surface area contributed by atoms with Crippen LogP contribution in [0.4, 0.5) is 16.2 Å². The molecule has 0 radical (unpaired) electrons. The van der Waals surface area contributed by atoms with E-state index in [4.69, 9.17) is 0 Å². The zero-order valence-corrected chi connectivity index (χ0v) is 13.4. The number of hydrogen-bond donors (Lipinski definition) is 3. The minimum absolute atomic E-state index is 0.00315. The zero-order valence-electron chi connectivity index (χ0n) is 13.4. The fourth-order valence-electron chi connectivity index (χ4n) is 2.18. The van der Waals surface area contributed by atoms with Gasteiger partial charge in [0.1, 0.15) is 5.60 Å². The molecule has 126 valence electrons. The van der Waals surface area contributed by atoms with Gasteiger partial charge in [-0.05, 0) is 25.0 Å². The van der Waals surface area contributed by atoms with Crippen LogP contribution in [0.3, 0.4) is 0 Å². The number of hydrogen-bond acceptors (Lipinski definition) is 4. The van der Waals surface area contributed by atoms with Gasteiger partial charge in [-0.15, -0.1) is 0 Å². The fraction of sp³-hybridized carbons (Fsp3) is 0.235. The molecule has 2 aromatic carbocycles. The summed E-state index contributed by atoms with van der Waals surface area (Å²) in [4.78, 5) is 22.3. The Morgan fingerprint density at radius 3 is 2.54 bits per heavy atom. The van der Waals surface area contributed by atoms with Crippen LogP contribution in [0, 0.1) is 17.0 Å². The van der Waals surface area contributed by atoms with Gasteiger partial charge in [0.2, 0.25) is 0 Å². The summed E-state index contributed by atoms with van der Waals surface area (Å²) in [5.74, 6) is 0. The van der Waals surface area contributed by atoms with Crippen molar-refractivity contribution in [2.75, 3.05) is 11.9 Å². The molecule has 0 aliphatic rings. The minimum Gasteiger partial charge on any atom is -0.384 e. The van der Waals surface area contributed by atoms with Gasteiger partial charge in [-0.2, -0.15) is 0 Å². The smallest absolute Gasteiger partial charge is 0.319 e. The number of benzene rings is 2. The number of rotatable bonds is 5. The van der Waals surface area contributed by atoms with Gasteiger partial charge in [0, 0.05) is 12.1 Å². The number of non-ortho nitro benzene ring substituents is 1. The van der Waals surface area contributed by atoms with Crippen molar-refractivity contribution in [2.24, 2.45) is 0 Å². The third-order valence-corrected chi connectivity index (χ3v) is 3.67. The van der Waals surface area contributed by atoms with Crippen molar-refractivity contribution < 1.29 is 14.8 Å². The van der Waals surface area contributed by atoms with Crippen LogP contribution in [-0.4, -0.2) is 22.6 Å². The molecular formula is C17H19N3O4. The lowest BCUT2D eigenvalue weighted by atomic mass is 9.96. The van der Waals surface area contributed by atoms with Gasteiger partial charge < -0.3 is 15.7 Å². The Labute approximate surface area is 139 Å². The maximum Gasteiger partial charge on any atom is 0.319 e. The maximum atomic E-state index is 12.0. The molecule has 0 fully saturated rings. The second-order valence-electron chi connectivity index (χ2n) is 5.70. The quantitative estimate of drug-likeness (QED) is 0.579. The molecule has 0 saturated carbocycles. The molecule has 0 bridgehead atoms. The van der Waals surface area contributed by atoms with Gasteiger partial charge >= 0.3 is 6.03 Å². The number of nitrogens with zero attached hydrogens (tertiary/aromatic N) is 1. The van der Waals surface area contributed by atoms with E-state index in [-0.39, 0.29) is 12.2 Å². The summed E-state index contributed by atoms with van der Waals surface area (Å²) in [6.07, 6.45) is 0. The molecule has 7 heteroatoms. The minimum atomic E-state index is -1.23. The zero-order chi connectivity index (χ0) is 17.7.